The van der Waals surface area contributed by atoms with Crippen molar-refractivity contribution in [2.75, 3.05) is 39.4 Å². The summed E-state index contributed by atoms with van der Waals surface area (Å²) in [5, 5.41) is 3.38. The quantitative estimate of drug-likeness (QED) is 0.629. The molecule has 1 fully saturated rings. The van der Waals surface area contributed by atoms with Crippen molar-refractivity contribution in [3.8, 4) is 0 Å². The largest absolute Gasteiger partial charge is 0.379 e. The summed E-state index contributed by atoms with van der Waals surface area (Å²) in [6.45, 7) is 11.9. The minimum Gasteiger partial charge on any atom is -0.379 e. The van der Waals surface area contributed by atoms with E-state index in [-0.39, 0.29) is 0 Å². The molecule has 1 aliphatic heterocycles. The number of morpholine rings is 1. The Balaban J connectivity index is 2.01. The van der Waals surface area contributed by atoms with Crippen molar-refractivity contribution in [2.24, 2.45) is 0 Å². The van der Waals surface area contributed by atoms with Crippen LogP contribution in [0.5, 0.6) is 0 Å². The van der Waals surface area contributed by atoms with E-state index in [1.807, 2.05) is 6.08 Å². The first-order chi connectivity index (χ1) is 6.33. The van der Waals surface area contributed by atoms with Gasteiger partial charge in [-0.05, 0) is 6.92 Å². The molecular formula is C10H20N2O. The van der Waals surface area contributed by atoms with Gasteiger partial charge < -0.3 is 10.1 Å². The summed E-state index contributed by atoms with van der Waals surface area (Å²) in [5.74, 6) is 0. The predicted molar refractivity (Wildman–Crippen MR) is 54.9 cm³/mol. The lowest BCUT2D eigenvalue weighted by Gasteiger charge is -2.26. The van der Waals surface area contributed by atoms with Gasteiger partial charge in [0.1, 0.15) is 0 Å². The molecular weight excluding hydrogens is 164 g/mol. The monoisotopic (exact) mass is 184 g/mol. The van der Waals surface area contributed by atoms with Crippen LogP contribution in [0.3, 0.4) is 0 Å². The fourth-order valence-electron chi connectivity index (χ4n) is 1.36. The number of rotatable bonds is 5. The van der Waals surface area contributed by atoms with Gasteiger partial charge in [-0.15, -0.1) is 6.58 Å². The van der Waals surface area contributed by atoms with Crippen LogP contribution in [0.15, 0.2) is 12.7 Å². The predicted octanol–water partition coefficient (Wildman–Crippen LogP) is 0.483. The van der Waals surface area contributed by atoms with Gasteiger partial charge in [0.2, 0.25) is 0 Å². The van der Waals surface area contributed by atoms with E-state index in [9.17, 15) is 0 Å². The minimum atomic E-state index is 0.418. The molecule has 0 aromatic carbocycles. The molecule has 0 amide bonds. The second-order valence-corrected chi connectivity index (χ2v) is 3.43. The molecule has 0 aromatic rings. The zero-order chi connectivity index (χ0) is 9.52. The second kappa shape index (κ2) is 6.13. The Morgan fingerprint density at radius 2 is 2.23 bits per heavy atom. The topological polar surface area (TPSA) is 24.5 Å². The lowest BCUT2D eigenvalue weighted by molar-refractivity contribution is 0.0383. The van der Waals surface area contributed by atoms with Crippen molar-refractivity contribution >= 4 is 0 Å². The maximum atomic E-state index is 5.27. The molecule has 3 nitrogen and oxygen atoms in total. The summed E-state index contributed by atoms with van der Waals surface area (Å²) in [4.78, 5) is 2.42. The van der Waals surface area contributed by atoms with Crippen LogP contribution in [0.1, 0.15) is 6.92 Å². The maximum Gasteiger partial charge on any atom is 0.0594 e. The van der Waals surface area contributed by atoms with E-state index in [1.54, 1.807) is 0 Å². The van der Waals surface area contributed by atoms with Crippen molar-refractivity contribution in [3.05, 3.63) is 12.7 Å². The van der Waals surface area contributed by atoms with E-state index in [0.717, 1.165) is 39.4 Å². The van der Waals surface area contributed by atoms with E-state index < -0.39 is 0 Å². The first-order valence-electron chi connectivity index (χ1n) is 4.99. The van der Waals surface area contributed by atoms with Crippen LogP contribution in [0.25, 0.3) is 0 Å². The van der Waals surface area contributed by atoms with Gasteiger partial charge in [-0.1, -0.05) is 6.08 Å². The van der Waals surface area contributed by atoms with E-state index in [2.05, 4.69) is 23.7 Å². The molecule has 1 N–H and O–H groups in total. The number of hydrogen-bond acceptors (Lipinski definition) is 3. The van der Waals surface area contributed by atoms with Crippen LogP contribution in [-0.2, 0) is 4.74 Å². The standard InChI is InChI=1S/C10H20N2O/c1-3-10(2)11-4-5-12-6-8-13-9-7-12/h3,10-11H,1,4-9H2,2H3. The van der Waals surface area contributed by atoms with Gasteiger partial charge in [0, 0.05) is 32.2 Å². The lowest BCUT2D eigenvalue weighted by Crippen LogP contribution is -2.41. The Morgan fingerprint density at radius 3 is 2.85 bits per heavy atom. The molecule has 3 heteroatoms. The number of nitrogens with one attached hydrogen (secondary N) is 1. The van der Waals surface area contributed by atoms with Gasteiger partial charge in [0.25, 0.3) is 0 Å². The summed E-state index contributed by atoms with van der Waals surface area (Å²) in [6.07, 6.45) is 1.93. The summed E-state index contributed by atoms with van der Waals surface area (Å²) >= 11 is 0. The molecule has 0 aromatic heterocycles. The highest BCUT2D eigenvalue weighted by Gasteiger charge is 2.09. The number of ether oxygens (including phenoxy) is 1. The Labute approximate surface area is 80.8 Å². The highest BCUT2D eigenvalue weighted by atomic mass is 16.5. The molecule has 0 radical (unpaired) electrons. The van der Waals surface area contributed by atoms with Crippen LogP contribution in [0.4, 0.5) is 0 Å². The van der Waals surface area contributed by atoms with Crippen molar-refractivity contribution in [1.29, 1.82) is 0 Å². The van der Waals surface area contributed by atoms with Crippen LogP contribution < -0.4 is 5.32 Å². The van der Waals surface area contributed by atoms with Crippen molar-refractivity contribution in [2.45, 2.75) is 13.0 Å². The zero-order valence-corrected chi connectivity index (χ0v) is 8.46. The van der Waals surface area contributed by atoms with Crippen molar-refractivity contribution in [3.63, 3.8) is 0 Å². The molecule has 1 atom stereocenters. The molecule has 1 saturated heterocycles. The summed E-state index contributed by atoms with van der Waals surface area (Å²) in [5.41, 5.74) is 0. The molecule has 13 heavy (non-hydrogen) atoms. The van der Waals surface area contributed by atoms with Crippen LogP contribution >= 0.6 is 0 Å². The van der Waals surface area contributed by atoms with Gasteiger partial charge in [-0.2, -0.15) is 0 Å². The third kappa shape index (κ3) is 4.41. The summed E-state index contributed by atoms with van der Waals surface area (Å²) in [6, 6.07) is 0.418. The lowest BCUT2D eigenvalue weighted by atomic mass is 10.3. The van der Waals surface area contributed by atoms with Gasteiger partial charge in [0.15, 0.2) is 0 Å². The Bertz CT molecular complexity index is 144. The normalized spacial score (nSPS) is 21.3. The number of hydrogen-bond donors (Lipinski definition) is 1. The SMILES string of the molecule is C=CC(C)NCCN1CCOCC1. The molecule has 1 unspecified atom stereocenters. The second-order valence-electron chi connectivity index (χ2n) is 3.43. The van der Waals surface area contributed by atoms with Crippen molar-refractivity contribution in [1.82, 2.24) is 10.2 Å². The third-order valence-electron chi connectivity index (χ3n) is 2.35. The molecule has 1 rings (SSSR count). The smallest absolute Gasteiger partial charge is 0.0594 e. The maximum absolute atomic E-state index is 5.27. The van der Waals surface area contributed by atoms with Gasteiger partial charge in [0.05, 0.1) is 13.2 Å². The molecule has 0 saturated carbocycles. The van der Waals surface area contributed by atoms with E-state index in [0.29, 0.717) is 6.04 Å². The first-order valence-corrected chi connectivity index (χ1v) is 4.99. The molecule has 1 aliphatic rings. The van der Waals surface area contributed by atoms with Gasteiger partial charge in [-0.25, -0.2) is 0 Å². The van der Waals surface area contributed by atoms with Gasteiger partial charge >= 0.3 is 0 Å². The summed E-state index contributed by atoms with van der Waals surface area (Å²) < 4.78 is 5.27. The Morgan fingerprint density at radius 1 is 1.54 bits per heavy atom. The van der Waals surface area contributed by atoms with E-state index >= 15 is 0 Å². The molecule has 76 valence electrons. The average Bonchev–Trinajstić information content (AvgIpc) is 2.19. The Kier molecular flexibility index (Phi) is 5.05. The van der Waals surface area contributed by atoms with Crippen LogP contribution in [0, 0.1) is 0 Å². The molecule has 0 bridgehead atoms. The highest BCUT2D eigenvalue weighted by molar-refractivity contribution is 4.81. The van der Waals surface area contributed by atoms with Crippen LogP contribution in [-0.4, -0.2) is 50.3 Å². The van der Waals surface area contributed by atoms with Gasteiger partial charge in [-0.3, -0.25) is 4.90 Å². The minimum absolute atomic E-state index is 0.418. The summed E-state index contributed by atoms with van der Waals surface area (Å²) in [7, 11) is 0. The number of nitrogens with zero attached hydrogens (tertiary/aromatic N) is 1. The van der Waals surface area contributed by atoms with E-state index in [1.165, 1.54) is 0 Å². The van der Waals surface area contributed by atoms with Crippen molar-refractivity contribution < 1.29 is 4.74 Å². The zero-order valence-electron chi connectivity index (χ0n) is 8.46. The average molecular weight is 184 g/mol. The van der Waals surface area contributed by atoms with E-state index in [4.69, 9.17) is 4.74 Å². The first kappa shape index (κ1) is 10.7. The third-order valence-corrected chi connectivity index (χ3v) is 2.35. The van der Waals surface area contributed by atoms with Crippen LogP contribution in [0.2, 0.25) is 0 Å². The molecule has 1 heterocycles. The highest BCUT2D eigenvalue weighted by Crippen LogP contribution is 1.94. The fourth-order valence-corrected chi connectivity index (χ4v) is 1.36. The fraction of sp³-hybridized carbons (Fsp3) is 0.800. The molecule has 0 aliphatic carbocycles. The Hall–Kier alpha value is -0.380. The molecule has 0 spiro atoms.